The van der Waals surface area contributed by atoms with Crippen molar-refractivity contribution in [2.75, 3.05) is 0 Å². The summed E-state index contributed by atoms with van der Waals surface area (Å²) in [6, 6.07) is 0. The van der Waals surface area contributed by atoms with Gasteiger partial charge in [0.15, 0.2) is 0 Å². The molecule has 0 spiro atoms. The number of hydrogen-bond donors (Lipinski definition) is 3. The highest BCUT2D eigenvalue weighted by Gasteiger charge is 2.04. The molecule has 1 rings (SSSR count). The van der Waals surface area contributed by atoms with Gasteiger partial charge in [-0.3, -0.25) is 4.68 Å². The lowest BCUT2D eigenvalue weighted by Gasteiger charge is -1.85. The van der Waals surface area contributed by atoms with Crippen molar-refractivity contribution < 1.29 is 19.8 Å². The van der Waals surface area contributed by atoms with Gasteiger partial charge < -0.3 is 15.9 Å². The first-order valence-electron chi connectivity index (χ1n) is 4.03. The lowest BCUT2D eigenvalue weighted by Crippen LogP contribution is -2.09. The van der Waals surface area contributed by atoms with Gasteiger partial charge in [-0.15, -0.1) is 0 Å². The van der Waals surface area contributed by atoms with Gasteiger partial charge >= 0.3 is 11.9 Å². The monoisotopic (exact) mass is 215 g/mol. The molecule has 0 amide bonds. The van der Waals surface area contributed by atoms with Gasteiger partial charge in [-0.1, -0.05) is 0 Å². The summed E-state index contributed by atoms with van der Waals surface area (Å²) in [5, 5.41) is 18.9. The van der Waals surface area contributed by atoms with Gasteiger partial charge in [0.25, 0.3) is 0 Å². The predicted molar refractivity (Wildman–Crippen MR) is 51.1 cm³/mol. The molecule has 0 saturated heterocycles. The van der Waals surface area contributed by atoms with Crippen LogP contribution in [-0.2, 0) is 23.2 Å². The number of hydrogen-bond acceptors (Lipinski definition) is 4. The number of nitrogens with two attached hydrogens (primary N) is 1. The van der Waals surface area contributed by atoms with Gasteiger partial charge in [-0.05, 0) is 6.92 Å². The second-order valence-corrected chi connectivity index (χ2v) is 2.73. The molecular weight excluding hydrogens is 202 g/mol. The topological polar surface area (TPSA) is 118 Å². The van der Waals surface area contributed by atoms with Crippen LogP contribution in [0.3, 0.4) is 0 Å². The second-order valence-electron chi connectivity index (χ2n) is 2.73. The smallest absolute Gasteiger partial charge is 0.414 e. The first-order chi connectivity index (χ1) is 6.88. The van der Waals surface area contributed by atoms with E-state index in [1.807, 2.05) is 20.2 Å². The lowest BCUT2D eigenvalue weighted by atomic mass is 10.3. The Bertz CT molecular complexity index is 347. The third kappa shape index (κ3) is 4.77. The number of nitrogens with zero attached hydrogens (tertiary/aromatic N) is 2. The lowest BCUT2D eigenvalue weighted by molar-refractivity contribution is -0.159. The number of rotatable bonds is 1. The summed E-state index contributed by atoms with van der Waals surface area (Å²) in [4.78, 5) is 18.2. The summed E-state index contributed by atoms with van der Waals surface area (Å²) >= 11 is 0. The van der Waals surface area contributed by atoms with Crippen molar-refractivity contribution in [2.45, 2.75) is 13.5 Å². The number of aromatic nitrogens is 2. The standard InChI is InChI=1S/C6H11N3.C2H2O4/c1-5-6(3-7)4-9(2)8-5;3-1(4)2(5)6/h4H,3,7H2,1-2H3;(H,3,4)(H,5,6). The third-order valence-electron chi connectivity index (χ3n) is 1.52. The summed E-state index contributed by atoms with van der Waals surface area (Å²) in [5.74, 6) is -3.65. The van der Waals surface area contributed by atoms with E-state index in [2.05, 4.69) is 5.10 Å². The molecule has 1 heterocycles. The van der Waals surface area contributed by atoms with E-state index >= 15 is 0 Å². The van der Waals surface area contributed by atoms with Crippen molar-refractivity contribution in [3.63, 3.8) is 0 Å². The maximum absolute atomic E-state index is 9.10. The van der Waals surface area contributed by atoms with Crippen LogP contribution < -0.4 is 5.73 Å². The van der Waals surface area contributed by atoms with Crippen LogP contribution in [0.15, 0.2) is 6.20 Å². The van der Waals surface area contributed by atoms with Gasteiger partial charge in [0, 0.05) is 25.4 Å². The van der Waals surface area contributed by atoms with Crippen LogP contribution in [0.1, 0.15) is 11.3 Å². The minimum atomic E-state index is -1.82. The van der Waals surface area contributed by atoms with Crippen molar-refractivity contribution in [3.05, 3.63) is 17.5 Å². The predicted octanol–water partition coefficient (Wildman–Crippen LogP) is -0.657. The van der Waals surface area contributed by atoms with Crippen LogP contribution >= 0.6 is 0 Å². The fourth-order valence-corrected chi connectivity index (χ4v) is 0.849. The molecule has 0 aliphatic rings. The summed E-state index contributed by atoms with van der Waals surface area (Å²) in [5.41, 5.74) is 7.56. The van der Waals surface area contributed by atoms with E-state index in [9.17, 15) is 0 Å². The molecule has 15 heavy (non-hydrogen) atoms. The molecule has 1 aromatic heterocycles. The Kier molecular flexibility index (Phi) is 5.03. The van der Waals surface area contributed by atoms with Gasteiger partial charge in [-0.2, -0.15) is 5.10 Å². The minimum absolute atomic E-state index is 0.583. The zero-order valence-electron chi connectivity index (χ0n) is 8.47. The Morgan fingerprint density at radius 3 is 2.07 bits per heavy atom. The van der Waals surface area contributed by atoms with Crippen LogP contribution in [0, 0.1) is 6.92 Å². The maximum Gasteiger partial charge on any atom is 0.414 e. The zero-order valence-corrected chi connectivity index (χ0v) is 8.47. The Balaban J connectivity index is 0.000000288. The third-order valence-corrected chi connectivity index (χ3v) is 1.52. The molecule has 4 N–H and O–H groups in total. The highest BCUT2D eigenvalue weighted by atomic mass is 16.4. The second kappa shape index (κ2) is 5.76. The molecule has 7 nitrogen and oxygen atoms in total. The van der Waals surface area contributed by atoms with E-state index in [0.29, 0.717) is 6.54 Å². The summed E-state index contributed by atoms with van der Waals surface area (Å²) in [6.45, 7) is 2.54. The molecular formula is C8H13N3O4. The van der Waals surface area contributed by atoms with Crippen LogP contribution in [0.25, 0.3) is 0 Å². The largest absolute Gasteiger partial charge is 0.473 e. The van der Waals surface area contributed by atoms with E-state index in [0.717, 1.165) is 11.3 Å². The van der Waals surface area contributed by atoms with Crippen molar-refractivity contribution in [1.82, 2.24) is 9.78 Å². The van der Waals surface area contributed by atoms with E-state index in [1.165, 1.54) is 0 Å². The van der Waals surface area contributed by atoms with E-state index in [1.54, 1.807) is 4.68 Å². The van der Waals surface area contributed by atoms with Gasteiger partial charge in [-0.25, -0.2) is 9.59 Å². The van der Waals surface area contributed by atoms with Gasteiger partial charge in [0.2, 0.25) is 0 Å². The molecule has 0 aliphatic carbocycles. The van der Waals surface area contributed by atoms with Crippen LogP contribution in [-0.4, -0.2) is 31.9 Å². The Morgan fingerprint density at radius 1 is 1.47 bits per heavy atom. The molecule has 7 heteroatoms. The Labute approximate surface area is 86.1 Å². The van der Waals surface area contributed by atoms with Crippen molar-refractivity contribution in [2.24, 2.45) is 12.8 Å². The number of carbonyl (C=O) groups is 2. The number of carboxylic acids is 2. The van der Waals surface area contributed by atoms with Gasteiger partial charge in [0.05, 0.1) is 5.69 Å². The van der Waals surface area contributed by atoms with E-state index < -0.39 is 11.9 Å². The minimum Gasteiger partial charge on any atom is -0.473 e. The maximum atomic E-state index is 9.10. The average Bonchev–Trinajstić information content (AvgIpc) is 2.45. The molecule has 1 aromatic rings. The first kappa shape index (κ1) is 13.1. The van der Waals surface area contributed by atoms with Crippen molar-refractivity contribution >= 4 is 11.9 Å². The fourth-order valence-electron chi connectivity index (χ4n) is 0.849. The fraction of sp³-hybridized carbons (Fsp3) is 0.375. The van der Waals surface area contributed by atoms with Crippen LogP contribution in [0.2, 0.25) is 0 Å². The van der Waals surface area contributed by atoms with Crippen molar-refractivity contribution in [3.8, 4) is 0 Å². The number of aliphatic carboxylic acids is 2. The molecule has 0 bridgehead atoms. The summed E-state index contributed by atoms with van der Waals surface area (Å²) < 4.78 is 1.78. The van der Waals surface area contributed by atoms with Crippen LogP contribution in [0.4, 0.5) is 0 Å². The number of carboxylic acid groups (broad SMARTS) is 2. The van der Waals surface area contributed by atoms with Crippen LogP contribution in [0.5, 0.6) is 0 Å². The molecule has 0 radical (unpaired) electrons. The van der Waals surface area contributed by atoms with Gasteiger partial charge in [0.1, 0.15) is 0 Å². The molecule has 0 saturated carbocycles. The quantitative estimate of drug-likeness (QED) is 0.535. The Hall–Kier alpha value is -1.89. The highest BCUT2D eigenvalue weighted by molar-refractivity contribution is 6.27. The number of aryl methyl sites for hydroxylation is 2. The molecule has 0 unspecified atom stereocenters. The average molecular weight is 215 g/mol. The summed E-state index contributed by atoms with van der Waals surface area (Å²) in [6.07, 6.45) is 1.94. The Morgan fingerprint density at radius 2 is 1.93 bits per heavy atom. The molecule has 84 valence electrons. The molecule has 0 aromatic carbocycles. The zero-order chi connectivity index (χ0) is 12.0. The summed E-state index contributed by atoms with van der Waals surface area (Å²) in [7, 11) is 1.90. The van der Waals surface area contributed by atoms with E-state index in [4.69, 9.17) is 25.5 Å². The SMILES string of the molecule is Cc1nn(C)cc1CN.O=C(O)C(=O)O. The molecule has 0 atom stereocenters. The molecule has 0 fully saturated rings. The normalized spacial score (nSPS) is 9.00. The first-order valence-corrected chi connectivity index (χ1v) is 4.03. The van der Waals surface area contributed by atoms with E-state index in [-0.39, 0.29) is 0 Å². The van der Waals surface area contributed by atoms with Crippen molar-refractivity contribution in [1.29, 1.82) is 0 Å². The molecule has 0 aliphatic heterocycles. The highest BCUT2D eigenvalue weighted by Crippen LogP contribution is 2.01.